The molecule has 1 unspecified atom stereocenters. The molecule has 1 aliphatic heterocycles. The first-order valence-electron chi connectivity index (χ1n) is 7.61. The van der Waals surface area contributed by atoms with E-state index in [0.29, 0.717) is 30.2 Å². The minimum atomic E-state index is -0.647. The molecule has 0 spiro atoms. The van der Waals surface area contributed by atoms with Crippen molar-refractivity contribution in [2.75, 3.05) is 25.7 Å². The van der Waals surface area contributed by atoms with Crippen LogP contribution in [0.15, 0.2) is 18.2 Å². The van der Waals surface area contributed by atoms with E-state index >= 15 is 0 Å². The minimum absolute atomic E-state index is 0.193. The average Bonchev–Trinajstić information content (AvgIpc) is 2.86. The number of methoxy groups -OCH3 is 2. The van der Waals surface area contributed by atoms with Crippen molar-refractivity contribution in [2.45, 2.75) is 32.7 Å². The van der Waals surface area contributed by atoms with Crippen molar-refractivity contribution in [1.29, 1.82) is 0 Å². The quantitative estimate of drug-likeness (QED) is 0.861. The van der Waals surface area contributed by atoms with Crippen LogP contribution in [0, 0.1) is 5.92 Å². The number of nitrogens with zero attached hydrogens (tertiary/aromatic N) is 1. The lowest BCUT2D eigenvalue weighted by molar-refractivity contribution is -0.133. The van der Waals surface area contributed by atoms with E-state index in [1.54, 1.807) is 37.3 Å². The molecule has 0 saturated carbocycles. The molecule has 1 saturated heterocycles. The average molecular weight is 320 g/mol. The topological polar surface area (TPSA) is 67.9 Å². The summed E-state index contributed by atoms with van der Waals surface area (Å²) in [7, 11) is 3.12. The third-order valence-corrected chi connectivity index (χ3v) is 3.67. The lowest BCUT2D eigenvalue weighted by Crippen LogP contribution is -2.45. The molecule has 1 aliphatic rings. The number of benzene rings is 1. The summed E-state index contributed by atoms with van der Waals surface area (Å²) in [5.74, 6) is 0.151. The van der Waals surface area contributed by atoms with E-state index in [2.05, 4.69) is 5.32 Å². The van der Waals surface area contributed by atoms with E-state index in [9.17, 15) is 9.59 Å². The van der Waals surface area contributed by atoms with Gasteiger partial charge in [0, 0.05) is 30.3 Å². The largest absolute Gasteiger partial charge is 0.497 e. The molecule has 0 aromatic heterocycles. The maximum Gasteiger partial charge on any atom is 0.239 e. The zero-order valence-electron chi connectivity index (χ0n) is 14.3. The predicted octanol–water partition coefficient (Wildman–Crippen LogP) is 1.97. The van der Waals surface area contributed by atoms with Crippen molar-refractivity contribution >= 4 is 17.5 Å². The first-order valence-corrected chi connectivity index (χ1v) is 7.61. The van der Waals surface area contributed by atoms with Gasteiger partial charge in [-0.1, -0.05) is 0 Å². The molecule has 1 aromatic rings. The zero-order chi connectivity index (χ0) is 17.2. The Morgan fingerprint density at radius 1 is 1.17 bits per heavy atom. The van der Waals surface area contributed by atoms with Gasteiger partial charge < -0.3 is 19.7 Å². The molecule has 23 heavy (non-hydrogen) atoms. The van der Waals surface area contributed by atoms with Crippen LogP contribution in [0.3, 0.4) is 0 Å². The summed E-state index contributed by atoms with van der Waals surface area (Å²) in [5.41, 5.74) is 0.321. The molecule has 1 N–H and O–H groups in total. The number of anilines is 1. The highest BCUT2D eigenvalue weighted by Crippen LogP contribution is 2.32. The number of ether oxygens (including phenoxy) is 2. The normalized spacial score (nSPS) is 18.0. The summed E-state index contributed by atoms with van der Waals surface area (Å²) >= 11 is 0. The molecular formula is C17H24N2O4. The fourth-order valence-electron chi connectivity index (χ4n) is 2.58. The Hall–Kier alpha value is -2.24. The third-order valence-electron chi connectivity index (χ3n) is 3.67. The van der Waals surface area contributed by atoms with E-state index in [1.165, 1.54) is 0 Å². The standard InChI is InChI=1S/C17H24N2O4/c1-17(2,3)18-15(20)14-6-7-19(16(14)21)11-8-12(22-4)10-13(9-11)23-5/h8-10,14H,6-7H2,1-5H3,(H,18,20). The summed E-state index contributed by atoms with van der Waals surface area (Å²) in [6.07, 6.45) is 0.500. The van der Waals surface area contributed by atoms with Gasteiger partial charge in [-0.15, -0.1) is 0 Å². The number of amides is 2. The summed E-state index contributed by atoms with van der Waals surface area (Å²) in [4.78, 5) is 26.5. The maximum absolute atomic E-state index is 12.6. The summed E-state index contributed by atoms with van der Waals surface area (Å²) in [5, 5.41) is 2.87. The van der Waals surface area contributed by atoms with Crippen LogP contribution in [0.25, 0.3) is 0 Å². The molecule has 126 valence electrons. The van der Waals surface area contributed by atoms with Gasteiger partial charge in [-0.05, 0) is 27.2 Å². The van der Waals surface area contributed by atoms with Gasteiger partial charge >= 0.3 is 0 Å². The predicted molar refractivity (Wildman–Crippen MR) is 87.9 cm³/mol. The highest BCUT2D eigenvalue weighted by Gasteiger charge is 2.38. The Labute approximate surface area is 136 Å². The Morgan fingerprint density at radius 3 is 2.22 bits per heavy atom. The number of hydrogen-bond acceptors (Lipinski definition) is 4. The van der Waals surface area contributed by atoms with E-state index < -0.39 is 5.92 Å². The fourth-order valence-corrected chi connectivity index (χ4v) is 2.58. The lowest BCUT2D eigenvalue weighted by Gasteiger charge is -2.23. The Kier molecular flexibility index (Phi) is 4.82. The molecular weight excluding hydrogens is 296 g/mol. The van der Waals surface area contributed by atoms with Gasteiger partial charge in [0.05, 0.1) is 19.9 Å². The maximum atomic E-state index is 12.6. The molecule has 2 amide bonds. The van der Waals surface area contributed by atoms with Crippen molar-refractivity contribution in [1.82, 2.24) is 5.32 Å². The number of carbonyl (C=O) groups excluding carboxylic acids is 2. The highest BCUT2D eigenvalue weighted by molar-refractivity contribution is 6.09. The van der Waals surface area contributed by atoms with Crippen LogP contribution >= 0.6 is 0 Å². The second-order valence-electron chi connectivity index (χ2n) is 6.64. The van der Waals surface area contributed by atoms with Crippen molar-refractivity contribution in [2.24, 2.45) is 5.92 Å². The zero-order valence-corrected chi connectivity index (χ0v) is 14.3. The van der Waals surface area contributed by atoms with E-state index in [4.69, 9.17) is 9.47 Å². The van der Waals surface area contributed by atoms with Gasteiger partial charge in [0.15, 0.2) is 0 Å². The first kappa shape index (κ1) is 17.1. The summed E-state index contributed by atoms with van der Waals surface area (Å²) in [6.45, 7) is 6.19. The van der Waals surface area contributed by atoms with Gasteiger partial charge in [0.1, 0.15) is 17.4 Å². The van der Waals surface area contributed by atoms with Crippen LogP contribution < -0.4 is 19.7 Å². The smallest absolute Gasteiger partial charge is 0.239 e. The number of carbonyl (C=O) groups is 2. The van der Waals surface area contributed by atoms with Crippen molar-refractivity contribution in [3.63, 3.8) is 0 Å². The lowest BCUT2D eigenvalue weighted by atomic mass is 10.0. The molecule has 0 aliphatic carbocycles. The molecule has 1 fully saturated rings. The summed E-state index contributed by atoms with van der Waals surface area (Å²) < 4.78 is 10.5. The minimum Gasteiger partial charge on any atom is -0.497 e. The van der Waals surface area contributed by atoms with Crippen LogP contribution in [0.4, 0.5) is 5.69 Å². The Morgan fingerprint density at radius 2 is 1.74 bits per heavy atom. The fraction of sp³-hybridized carbons (Fsp3) is 0.529. The van der Waals surface area contributed by atoms with E-state index in [1.807, 2.05) is 20.8 Å². The van der Waals surface area contributed by atoms with Crippen molar-refractivity contribution in [3.8, 4) is 11.5 Å². The molecule has 6 heteroatoms. The monoisotopic (exact) mass is 320 g/mol. The van der Waals surface area contributed by atoms with Crippen molar-refractivity contribution in [3.05, 3.63) is 18.2 Å². The van der Waals surface area contributed by atoms with Crippen LogP contribution in [0.5, 0.6) is 11.5 Å². The van der Waals surface area contributed by atoms with Crippen LogP contribution in [-0.4, -0.2) is 38.1 Å². The van der Waals surface area contributed by atoms with Crippen molar-refractivity contribution < 1.29 is 19.1 Å². The van der Waals surface area contributed by atoms with Gasteiger partial charge in [-0.3, -0.25) is 9.59 Å². The van der Waals surface area contributed by atoms with Crippen LogP contribution in [-0.2, 0) is 9.59 Å². The summed E-state index contributed by atoms with van der Waals surface area (Å²) in [6, 6.07) is 5.28. The number of nitrogens with one attached hydrogen (secondary N) is 1. The van der Waals surface area contributed by atoms with Crippen LogP contribution in [0.1, 0.15) is 27.2 Å². The number of hydrogen-bond donors (Lipinski definition) is 1. The molecule has 1 aromatic carbocycles. The molecule has 1 atom stereocenters. The van der Waals surface area contributed by atoms with Gasteiger partial charge in [-0.2, -0.15) is 0 Å². The van der Waals surface area contributed by atoms with E-state index in [-0.39, 0.29) is 17.4 Å². The Balaban J connectivity index is 2.20. The molecule has 0 radical (unpaired) electrons. The third kappa shape index (κ3) is 3.94. The molecule has 2 rings (SSSR count). The second kappa shape index (κ2) is 6.48. The van der Waals surface area contributed by atoms with Gasteiger partial charge in [0.25, 0.3) is 0 Å². The number of rotatable bonds is 4. The van der Waals surface area contributed by atoms with Gasteiger partial charge in [-0.25, -0.2) is 0 Å². The van der Waals surface area contributed by atoms with Gasteiger partial charge in [0.2, 0.25) is 11.8 Å². The Bertz CT molecular complexity index is 585. The van der Waals surface area contributed by atoms with Crippen LogP contribution in [0.2, 0.25) is 0 Å². The SMILES string of the molecule is COc1cc(OC)cc(N2CCC(C(=O)NC(C)(C)C)C2=O)c1. The molecule has 6 nitrogen and oxygen atoms in total. The second-order valence-corrected chi connectivity index (χ2v) is 6.64. The molecule has 1 heterocycles. The first-order chi connectivity index (χ1) is 10.7. The van der Waals surface area contributed by atoms with E-state index in [0.717, 1.165) is 0 Å². The highest BCUT2D eigenvalue weighted by atomic mass is 16.5. The molecule has 0 bridgehead atoms.